The number of benzene rings is 3. The molecular weight excluding hydrogens is 374 g/mol. The second-order valence-electron chi connectivity index (χ2n) is 6.52. The largest absolute Gasteiger partial charge is 0.507 e. The van der Waals surface area contributed by atoms with Gasteiger partial charge in [0, 0.05) is 16.3 Å². The quantitative estimate of drug-likeness (QED) is 0.412. The van der Waals surface area contributed by atoms with Crippen LogP contribution in [-0.2, 0) is 4.79 Å². The van der Waals surface area contributed by atoms with Crippen molar-refractivity contribution in [3.63, 3.8) is 0 Å². The molecule has 3 rings (SSSR count). The Labute approximate surface area is 169 Å². The van der Waals surface area contributed by atoms with Crippen LogP contribution in [-0.4, -0.2) is 23.3 Å². The number of hydrazone groups is 1. The number of rotatable bonds is 6. The molecule has 0 spiro atoms. The standard InChI is InChI=1S/C22H22ClN3O2/c1-3-19(25-20-10-9-16(23)12-14(20)2)22(28)26-24-13-18-17-7-5-4-6-15(17)8-11-21(18)27/h4-13,19,25,27H,3H2,1-2H3,(H,26,28)/b24-13-. The fraction of sp³-hybridized carbons (Fsp3) is 0.182. The zero-order valence-corrected chi connectivity index (χ0v) is 16.5. The van der Waals surface area contributed by atoms with Crippen LogP contribution in [0.15, 0.2) is 59.7 Å². The normalized spacial score (nSPS) is 12.2. The third kappa shape index (κ3) is 4.43. The topological polar surface area (TPSA) is 73.7 Å². The molecule has 0 aromatic heterocycles. The van der Waals surface area contributed by atoms with Crippen molar-refractivity contribution >= 4 is 40.2 Å². The molecule has 1 unspecified atom stereocenters. The molecule has 0 saturated carbocycles. The maximum atomic E-state index is 12.5. The van der Waals surface area contributed by atoms with E-state index in [1.54, 1.807) is 12.1 Å². The van der Waals surface area contributed by atoms with E-state index in [2.05, 4.69) is 15.8 Å². The zero-order valence-electron chi connectivity index (χ0n) is 15.7. The van der Waals surface area contributed by atoms with Crippen LogP contribution in [0.25, 0.3) is 10.8 Å². The van der Waals surface area contributed by atoms with Gasteiger partial charge < -0.3 is 10.4 Å². The van der Waals surface area contributed by atoms with Gasteiger partial charge in [0.05, 0.1) is 6.21 Å². The van der Waals surface area contributed by atoms with Crippen LogP contribution in [0.2, 0.25) is 5.02 Å². The summed E-state index contributed by atoms with van der Waals surface area (Å²) in [6.07, 6.45) is 2.05. The molecule has 0 bridgehead atoms. The lowest BCUT2D eigenvalue weighted by Gasteiger charge is -2.18. The molecule has 6 heteroatoms. The molecule has 0 saturated heterocycles. The predicted octanol–water partition coefficient (Wildman–Crippen LogP) is 4.85. The highest BCUT2D eigenvalue weighted by Gasteiger charge is 2.16. The number of carbonyl (C=O) groups excluding carboxylic acids is 1. The van der Waals surface area contributed by atoms with E-state index in [-0.39, 0.29) is 11.7 Å². The number of carbonyl (C=O) groups is 1. The van der Waals surface area contributed by atoms with Gasteiger partial charge in [-0.05, 0) is 53.9 Å². The number of aryl methyl sites for hydroxylation is 1. The van der Waals surface area contributed by atoms with Crippen LogP contribution in [0.1, 0.15) is 24.5 Å². The summed E-state index contributed by atoms with van der Waals surface area (Å²) in [5, 5.41) is 19.9. The Morgan fingerprint density at radius 1 is 1.21 bits per heavy atom. The molecule has 3 aromatic carbocycles. The maximum Gasteiger partial charge on any atom is 0.262 e. The second kappa shape index (κ2) is 8.76. The first kappa shape index (κ1) is 19.7. The van der Waals surface area contributed by atoms with Gasteiger partial charge in [-0.3, -0.25) is 4.79 Å². The van der Waals surface area contributed by atoms with Crippen molar-refractivity contribution in [3.8, 4) is 5.75 Å². The first-order valence-electron chi connectivity index (χ1n) is 9.06. The SMILES string of the molecule is CCC(Nc1ccc(Cl)cc1C)C(=O)N/N=C\c1c(O)ccc2ccccc12. The third-order valence-electron chi connectivity index (χ3n) is 4.56. The lowest BCUT2D eigenvalue weighted by atomic mass is 10.0. The van der Waals surface area contributed by atoms with Crippen molar-refractivity contribution in [1.29, 1.82) is 0 Å². The molecule has 3 aromatic rings. The monoisotopic (exact) mass is 395 g/mol. The summed E-state index contributed by atoms with van der Waals surface area (Å²) < 4.78 is 0. The van der Waals surface area contributed by atoms with Gasteiger partial charge in [-0.2, -0.15) is 5.10 Å². The Morgan fingerprint density at radius 2 is 2.00 bits per heavy atom. The number of anilines is 1. The molecule has 3 N–H and O–H groups in total. The Bertz CT molecular complexity index is 1030. The predicted molar refractivity (Wildman–Crippen MR) is 115 cm³/mol. The molecule has 1 atom stereocenters. The number of phenols is 1. The maximum absolute atomic E-state index is 12.5. The molecule has 0 fully saturated rings. The molecule has 144 valence electrons. The Hall–Kier alpha value is -3.05. The second-order valence-corrected chi connectivity index (χ2v) is 6.95. The average Bonchev–Trinajstić information content (AvgIpc) is 2.69. The summed E-state index contributed by atoms with van der Waals surface area (Å²) in [6, 6.07) is 16.2. The fourth-order valence-electron chi connectivity index (χ4n) is 2.99. The number of halogens is 1. The van der Waals surface area contributed by atoms with Crippen molar-refractivity contribution in [2.75, 3.05) is 5.32 Å². The zero-order chi connectivity index (χ0) is 20.1. The summed E-state index contributed by atoms with van der Waals surface area (Å²) in [6.45, 7) is 3.85. The summed E-state index contributed by atoms with van der Waals surface area (Å²) in [7, 11) is 0. The number of phenolic OH excluding ortho intramolecular Hbond substituents is 1. The van der Waals surface area contributed by atoms with Crippen LogP contribution in [0.4, 0.5) is 5.69 Å². The van der Waals surface area contributed by atoms with Gasteiger partial charge >= 0.3 is 0 Å². The molecule has 28 heavy (non-hydrogen) atoms. The highest BCUT2D eigenvalue weighted by Crippen LogP contribution is 2.25. The van der Waals surface area contributed by atoms with E-state index in [0.717, 1.165) is 22.0 Å². The highest BCUT2D eigenvalue weighted by molar-refractivity contribution is 6.30. The van der Waals surface area contributed by atoms with E-state index < -0.39 is 6.04 Å². The summed E-state index contributed by atoms with van der Waals surface area (Å²) in [5.74, 6) is -0.147. The van der Waals surface area contributed by atoms with Crippen LogP contribution < -0.4 is 10.7 Å². The van der Waals surface area contributed by atoms with Crippen LogP contribution in [0.5, 0.6) is 5.75 Å². The number of nitrogens with zero attached hydrogens (tertiary/aromatic N) is 1. The molecule has 0 heterocycles. The van der Waals surface area contributed by atoms with Crippen molar-refractivity contribution in [2.24, 2.45) is 5.10 Å². The van der Waals surface area contributed by atoms with E-state index in [1.807, 2.05) is 56.3 Å². The van der Waals surface area contributed by atoms with Gasteiger partial charge in [-0.1, -0.05) is 48.9 Å². The molecule has 0 aliphatic rings. The van der Waals surface area contributed by atoms with Crippen LogP contribution >= 0.6 is 11.6 Å². The third-order valence-corrected chi connectivity index (χ3v) is 4.79. The van der Waals surface area contributed by atoms with E-state index in [1.165, 1.54) is 6.21 Å². The minimum Gasteiger partial charge on any atom is -0.507 e. The minimum atomic E-state index is -0.446. The van der Waals surface area contributed by atoms with E-state index in [4.69, 9.17) is 11.6 Å². The first-order chi connectivity index (χ1) is 13.5. The minimum absolute atomic E-state index is 0.110. The van der Waals surface area contributed by atoms with Crippen molar-refractivity contribution in [1.82, 2.24) is 5.43 Å². The molecule has 5 nitrogen and oxygen atoms in total. The van der Waals surface area contributed by atoms with Gasteiger partial charge in [0.25, 0.3) is 5.91 Å². The van der Waals surface area contributed by atoms with Gasteiger partial charge in [0.1, 0.15) is 11.8 Å². The number of hydrogen-bond donors (Lipinski definition) is 3. The number of amides is 1. The van der Waals surface area contributed by atoms with Gasteiger partial charge in [-0.25, -0.2) is 5.43 Å². The van der Waals surface area contributed by atoms with Crippen molar-refractivity contribution in [2.45, 2.75) is 26.3 Å². The molecule has 0 aliphatic heterocycles. The lowest BCUT2D eigenvalue weighted by molar-refractivity contribution is -0.121. The summed E-state index contributed by atoms with van der Waals surface area (Å²) in [4.78, 5) is 12.5. The summed E-state index contributed by atoms with van der Waals surface area (Å²) in [5.41, 5.74) is 4.93. The van der Waals surface area contributed by atoms with Crippen molar-refractivity contribution in [3.05, 3.63) is 70.7 Å². The highest BCUT2D eigenvalue weighted by atomic mass is 35.5. The molecule has 0 radical (unpaired) electrons. The Kier molecular flexibility index (Phi) is 6.16. The van der Waals surface area contributed by atoms with E-state index in [9.17, 15) is 9.90 Å². The van der Waals surface area contributed by atoms with Crippen molar-refractivity contribution < 1.29 is 9.90 Å². The lowest BCUT2D eigenvalue weighted by Crippen LogP contribution is -2.37. The first-order valence-corrected chi connectivity index (χ1v) is 9.43. The van der Waals surface area contributed by atoms with Gasteiger partial charge in [-0.15, -0.1) is 0 Å². The van der Waals surface area contributed by atoms with Gasteiger partial charge in [0.2, 0.25) is 0 Å². The number of fused-ring (bicyclic) bond motifs is 1. The number of hydrogen-bond acceptors (Lipinski definition) is 4. The smallest absolute Gasteiger partial charge is 0.262 e. The van der Waals surface area contributed by atoms with Gasteiger partial charge in [0.15, 0.2) is 0 Å². The average molecular weight is 396 g/mol. The molecule has 1 amide bonds. The van der Waals surface area contributed by atoms with Crippen LogP contribution in [0, 0.1) is 6.92 Å². The fourth-order valence-corrected chi connectivity index (χ4v) is 3.21. The molecular formula is C22H22ClN3O2. The number of aromatic hydroxyl groups is 1. The molecule has 0 aliphatic carbocycles. The van der Waals surface area contributed by atoms with E-state index >= 15 is 0 Å². The van der Waals surface area contributed by atoms with Crippen LogP contribution in [0.3, 0.4) is 0 Å². The number of nitrogens with one attached hydrogen (secondary N) is 2. The van der Waals surface area contributed by atoms with E-state index in [0.29, 0.717) is 17.0 Å². The Balaban J connectivity index is 1.73. The summed E-state index contributed by atoms with van der Waals surface area (Å²) >= 11 is 5.98. The Morgan fingerprint density at radius 3 is 2.75 bits per heavy atom.